The minimum absolute atomic E-state index is 0.00824. The number of halogens is 1. The van der Waals surface area contributed by atoms with Crippen LogP contribution >= 0.6 is 11.8 Å². The van der Waals surface area contributed by atoms with E-state index < -0.39 is 0 Å². The van der Waals surface area contributed by atoms with Crippen molar-refractivity contribution in [2.45, 2.75) is 17.4 Å². The molecule has 1 aromatic carbocycles. The molecule has 0 radical (unpaired) electrons. The molecule has 0 aliphatic rings. The lowest BCUT2D eigenvalue weighted by Crippen LogP contribution is -2.38. The molecule has 20 heavy (non-hydrogen) atoms. The van der Waals surface area contributed by atoms with Crippen molar-refractivity contribution in [3.63, 3.8) is 0 Å². The molecule has 0 aliphatic carbocycles. The molecule has 0 saturated heterocycles. The summed E-state index contributed by atoms with van der Waals surface area (Å²) >= 11 is 1.43. The topological polar surface area (TPSA) is 77.0 Å². The van der Waals surface area contributed by atoms with Gasteiger partial charge >= 0.3 is 0 Å². The van der Waals surface area contributed by atoms with Crippen molar-refractivity contribution in [1.29, 1.82) is 0 Å². The Hall–Kier alpha value is -1.63. The Morgan fingerprint density at radius 2 is 2.10 bits per heavy atom. The Balaban J connectivity index is 1.96. The SMILES string of the molecule is NNC(CSc1ccccc1F)Cc1cnccc1N. The van der Waals surface area contributed by atoms with E-state index in [4.69, 9.17) is 11.6 Å². The molecule has 4 nitrogen and oxygen atoms in total. The molecule has 1 aromatic heterocycles. The average Bonchev–Trinajstić information content (AvgIpc) is 2.47. The number of nitrogen functional groups attached to an aromatic ring is 1. The van der Waals surface area contributed by atoms with E-state index in [1.165, 1.54) is 17.8 Å². The summed E-state index contributed by atoms with van der Waals surface area (Å²) < 4.78 is 13.5. The van der Waals surface area contributed by atoms with Gasteiger partial charge in [0, 0.05) is 34.8 Å². The number of nitrogens with two attached hydrogens (primary N) is 2. The molecule has 0 fully saturated rings. The molecule has 1 atom stereocenters. The van der Waals surface area contributed by atoms with Gasteiger partial charge in [0.2, 0.25) is 0 Å². The Morgan fingerprint density at radius 3 is 2.80 bits per heavy atom. The summed E-state index contributed by atoms with van der Waals surface area (Å²) in [4.78, 5) is 4.67. The van der Waals surface area contributed by atoms with Gasteiger partial charge in [-0.25, -0.2) is 4.39 Å². The number of nitrogens with one attached hydrogen (secondary N) is 1. The van der Waals surface area contributed by atoms with Crippen LogP contribution in [0, 0.1) is 5.82 Å². The van der Waals surface area contributed by atoms with Gasteiger partial charge in [-0.1, -0.05) is 12.1 Å². The van der Waals surface area contributed by atoms with E-state index in [1.807, 2.05) is 6.07 Å². The van der Waals surface area contributed by atoms with E-state index in [-0.39, 0.29) is 11.9 Å². The maximum atomic E-state index is 13.5. The van der Waals surface area contributed by atoms with Gasteiger partial charge in [-0.2, -0.15) is 0 Å². The van der Waals surface area contributed by atoms with Crippen molar-refractivity contribution in [1.82, 2.24) is 10.4 Å². The molecular formula is C14H17FN4S. The number of pyridine rings is 1. The van der Waals surface area contributed by atoms with Gasteiger partial charge in [-0.15, -0.1) is 11.8 Å². The highest BCUT2D eigenvalue weighted by Gasteiger charge is 2.12. The van der Waals surface area contributed by atoms with Gasteiger partial charge in [0.15, 0.2) is 0 Å². The summed E-state index contributed by atoms with van der Waals surface area (Å²) in [5.41, 5.74) is 10.2. The Bertz CT molecular complexity index is 564. The van der Waals surface area contributed by atoms with Crippen LogP contribution in [0.5, 0.6) is 0 Å². The molecule has 2 aromatic rings. The van der Waals surface area contributed by atoms with E-state index in [1.54, 1.807) is 30.6 Å². The summed E-state index contributed by atoms with van der Waals surface area (Å²) in [5, 5.41) is 0. The van der Waals surface area contributed by atoms with Gasteiger partial charge in [0.25, 0.3) is 0 Å². The number of hydrazine groups is 1. The molecule has 5 N–H and O–H groups in total. The second-order valence-electron chi connectivity index (χ2n) is 4.38. The lowest BCUT2D eigenvalue weighted by Gasteiger charge is -2.16. The van der Waals surface area contributed by atoms with Gasteiger partial charge in [0.05, 0.1) is 0 Å². The highest BCUT2D eigenvalue weighted by Crippen LogP contribution is 2.23. The first kappa shape index (κ1) is 14.8. The number of nitrogens with zero attached hydrogens (tertiary/aromatic N) is 1. The number of rotatable bonds is 6. The van der Waals surface area contributed by atoms with Crippen LogP contribution in [-0.2, 0) is 6.42 Å². The van der Waals surface area contributed by atoms with E-state index >= 15 is 0 Å². The molecule has 0 aliphatic heterocycles. The van der Waals surface area contributed by atoms with Crippen LogP contribution in [0.3, 0.4) is 0 Å². The zero-order valence-electron chi connectivity index (χ0n) is 10.9. The van der Waals surface area contributed by atoms with Crippen molar-refractivity contribution in [3.05, 3.63) is 54.1 Å². The highest BCUT2D eigenvalue weighted by molar-refractivity contribution is 7.99. The molecular weight excluding hydrogens is 275 g/mol. The molecule has 106 valence electrons. The fraction of sp³-hybridized carbons (Fsp3) is 0.214. The maximum Gasteiger partial charge on any atom is 0.136 e. The minimum atomic E-state index is -0.214. The normalized spacial score (nSPS) is 12.3. The quantitative estimate of drug-likeness (QED) is 0.431. The minimum Gasteiger partial charge on any atom is -0.398 e. The monoisotopic (exact) mass is 292 g/mol. The lowest BCUT2D eigenvalue weighted by molar-refractivity contribution is 0.573. The molecule has 2 rings (SSSR count). The van der Waals surface area contributed by atoms with Crippen LogP contribution in [0.1, 0.15) is 5.56 Å². The van der Waals surface area contributed by atoms with Crippen LogP contribution in [0.4, 0.5) is 10.1 Å². The Kier molecular flexibility index (Phi) is 5.34. The zero-order chi connectivity index (χ0) is 14.4. The number of hydrogen-bond acceptors (Lipinski definition) is 5. The Labute approximate surface area is 121 Å². The molecule has 1 heterocycles. The third-order valence-electron chi connectivity index (χ3n) is 2.92. The Morgan fingerprint density at radius 1 is 1.30 bits per heavy atom. The first-order valence-corrected chi connectivity index (χ1v) is 7.21. The van der Waals surface area contributed by atoms with Crippen molar-refractivity contribution in [2.75, 3.05) is 11.5 Å². The smallest absolute Gasteiger partial charge is 0.136 e. The van der Waals surface area contributed by atoms with Crippen LogP contribution in [0.2, 0.25) is 0 Å². The van der Waals surface area contributed by atoms with Crippen LogP contribution < -0.4 is 17.0 Å². The van der Waals surface area contributed by atoms with Crippen LogP contribution in [0.15, 0.2) is 47.6 Å². The molecule has 0 saturated carbocycles. The first-order valence-electron chi connectivity index (χ1n) is 6.22. The van der Waals surface area contributed by atoms with Crippen LogP contribution in [-0.4, -0.2) is 16.8 Å². The molecule has 6 heteroatoms. The number of benzene rings is 1. The van der Waals surface area contributed by atoms with E-state index in [0.717, 1.165) is 5.56 Å². The van der Waals surface area contributed by atoms with Crippen molar-refractivity contribution < 1.29 is 4.39 Å². The predicted octanol–water partition coefficient (Wildman–Crippen LogP) is 1.97. The largest absolute Gasteiger partial charge is 0.398 e. The van der Waals surface area contributed by atoms with E-state index in [9.17, 15) is 4.39 Å². The summed E-state index contributed by atoms with van der Waals surface area (Å²) in [7, 11) is 0. The number of hydrogen-bond donors (Lipinski definition) is 3. The molecule has 0 spiro atoms. The number of aromatic nitrogens is 1. The van der Waals surface area contributed by atoms with Crippen molar-refractivity contribution >= 4 is 17.4 Å². The molecule has 0 amide bonds. The summed E-state index contributed by atoms with van der Waals surface area (Å²) in [5.74, 6) is 5.99. The van der Waals surface area contributed by atoms with Crippen molar-refractivity contribution in [3.8, 4) is 0 Å². The van der Waals surface area contributed by atoms with Crippen LogP contribution in [0.25, 0.3) is 0 Å². The second-order valence-corrected chi connectivity index (χ2v) is 5.45. The summed E-state index contributed by atoms with van der Waals surface area (Å²) in [6.07, 6.45) is 4.03. The van der Waals surface area contributed by atoms with E-state index in [0.29, 0.717) is 22.8 Å². The molecule has 0 bridgehead atoms. The summed E-state index contributed by atoms with van der Waals surface area (Å²) in [6.45, 7) is 0. The van der Waals surface area contributed by atoms with Gasteiger partial charge in [-0.05, 0) is 30.2 Å². The maximum absolute atomic E-state index is 13.5. The molecule has 1 unspecified atom stereocenters. The fourth-order valence-corrected chi connectivity index (χ4v) is 2.77. The predicted molar refractivity (Wildman–Crippen MR) is 80.6 cm³/mol. The third kappa shape index (κ3) is 3.93. The average molecular weight is 292 g/mol. The van der Waals surface area contributed by atoms with Gasteiger partial charge in [-0.3, -0.25) is 16.3 Å². The number of thioether (sulfide) groups is 1. The standard InChI is InChI=1S/C14H17FN4S/c15-12-3-1-2-4-14(12)20-9-11(19-17)7-10-8-18-6-5-13(10)16/h1-6,8,11,19H,7,9,17H2,(H2,16,18). The second kappa shape index (κ2) is 7.23. The van der Waals surface area contributed by atoms with Gasteiger partial charge in [0.1, 0.15) is 5.82 Å². The first-order chi connectivity index (χ1) is 9.70. The summed E-state index contributed by atoms with van der Waals surface area (Å²) in [6, 6.07) is 8.45. The fourth-order valence-electron chi connectivity index (χ4n) is 1.79. The van der Waals surface area contributed by atoms with Crippen molar-refractivity contribution in [2.24, 2.45) is 5.84 Å². The zero-order valence-corrected chi connectivity index (χ0v) is 11.7. The van der Waals surface area contributed by atoms with E-state index in [2.05, 4.69) is 10.4 Å². The van der Waals surface area contributed by atoms with Gasteiger partial charge < -0.3 is 5.73 Å². The number of anilines is 1. The lowest BCUT2D eigenvalue weighted by atomic mass is 10.1. The third-order valence-corrected chi connectivity index (χ3v) is 4.13. The highest BCUT2D eigenvalue weighted by atomic mass is 32.2.